The van der Waals surface area contributed by atoms with Gasteiger partial charge in [0.15, 0.2) is 17.5 Å². The number of pyridine rings is 1. The predicted octanol–water partition coefficient (Wildman–Crippen LogP) is 6.70. The molecule has 5 atom stereocenters. The van der Waals surface area contributed by atoms with Crippen molar-refractivity contribution >= 4 is 17.5 Å². The molecule has 4 aromatic rings. The highest BCUT2D eigenvalue weighted by Gasteiger charge is 2.55. The molecular formula is C39H48N8O3. The fourth-order valence-corrected chi connectivity index (χ4v) is 9.57. The van der Waals surface area contributed by atoms with Gasteiger partial charge in [-0.2, -0.15) is 0 Å². The molecule has 3 aromatic heterocycles. The van der Waals surface area contributed by atoms with Gasteiger partial charge >= 0.3 is 0 Å². The number of hydrogen-bond donors (Lipinski definition) is 2. The Hall–Kier alpha value is -4.38. The molecule has 11 heteroatoms. The van der Waals surface area contributed by atoms with E-state index >= 15 is 0 Å². The summed E-state index contributed by atoms with van der Waals surface area (Å²) >= 11 is 0. The van der Waals surface area contributed by atoms with Crippen molar-refractivity contribution in [1.82, 2.24) is 29.7 Å². The molecule has 50 heavy (non-hydrogen) atoms. The molecule has 4 aliphatic rings. The number of nitrogens with one attached hydrogen (secondary N) is 1. The number of aryl methyl sites for hydroxylation is 3. The zero-order valence-corrected chi connectivity index (χ0v) is 29.4. The van der Waals surface area contributed by atoms with E-state index in [1.165, 1.54) is 43.2 Å². The molecular weight excluding hydrogens is 628 g/mol. The summed E-state index contributed by atoms with van der Waals surface area (Å²) < 4.78 is 8.55. The van der Waals surface area contributed by atoms with Crippen molar-refractivity contribution in [2.24, 2.45) is 17.3 Å². The third-order valence-corrected chi connectivity index (χ3v) is 12.1. The summed E-state index contributed by atoms with van der Waals surface area (Å²) in [5.41, 5.74) is 6.18. The minimum absolute atomic E-state index is 0.0174. The monoisotopic (exact) mass is 676 g/mol. The van der Waals surface area contributed by atoms with Crippen molar-refractivity contribution in [2.45, 2.75) is 97.1 Å². The van der Waals surface area contributed by atoms with Crippen LogP contribution in [-0.2, 0) is 22.5 Å². The quantitative estimate of drug-likeness (QED) is 0.176. The van der Waals surface area contributed by atoms with Crippen LogP contribution in [0, 0.1) is 24.2 Å². The van der Waals surface area contributed by atoms with Crippen LogP contribution < -0.4 is 10.2 Å². The Kier molecular flexibility index (Phi) is 8.79. The van der Waals surface area contributed by atoms with Gasteiger partial charge in [0.1, 0.15) is 17.8 Å². The molecule has 4 heterocycles. The summed E-state index contributed by atoms with van der Waals surface area (Å²) in [6.45, 7) is 8.78. The van der Waals surface area contributed by atoms with Gasteiger partial charge < -0.3 is 15.2 Å². The second-order valence-electron chi connectivity index (χ2n) is 14.9. The molecule has 0 spiro atoms. The number of likely N-dealkylation sites (N-methyl/N-ethyl adjacent to an activating group) is 1. The molecule has 0 saturated heterocycles. The van der Waals surface area contributed by atoms with Crippen molar-refractivity contribution in [3.8, 4) is 28.5 Å². The second kappa shape index (κ2) is 13.4. The fourth-order valence-electron chi connectivity index (χ4n) is 9.57. The van der Waals surface area contributed by atoms with E-state index in [1.807, 2.05) is 42.8 Å². The van der Waals surface area contributed by atoms with Gasteiger partial charge in [-0.25, -0.2) is 19.9 Å². The van der Waals surface area contributed by atoms with Gasteiger partial charge in [0.05, 0.1) is 24.5 Å². The fraction of sp³-hybridized carbons (Fsp3) is 0.538. The van der Waals surface area contributed by atoms with Gasteiger partial charge in [0.25, 0.3) is 0 Å². The van der Waals surface area contributed by atoms with Crippen LogP contribution in [0.15, 0.2) is 42.9 Å². The summed E-state index contributed by atoms with van der Waals surface area (Å²) in [5, 5.41) is 17.8. The van der Waals surface area contributed by atoms with Gasteiger partial charge in [-0.1, -0.05) is 13.0 Å². The molecule has 2 N–H and O–H groups in total. The molecule has 0 unspecified atom stereocenters. The Morgan fingerprint density at radius 2 is 1.94 bits per heavy atom. The second-order valence-corrected chi connectivity index (χ2v) is 14.9. The summed E-state index contributed by atoms with van der Waals surface area (Å²) in [4.78, 5) is 32.6. The van der Waals surface area contributed by atoms with E-state index in [9.17, 15) is 9.90 Å². The first-order chi connectivity index (χ1) is 24.3. The molecule has 2 saturated carbocycles. The van der Waals surface area contributed by atoms with Crippen LogP contribution >= 0.6 is 0 Å². The van der Waals surface area contributed by atoms with Gasteiger partial charge in [-0.15, -0.1) is 5.10 Å². The van der Waals surface area contributed by atoms with Crippen LogP contribution in [0.2, 0.25) is 0 Å². The number of benzene rings is 1. The van der Waals surface area contributed by atoms with E-state index in [0.717, 1.165) is 61.9 Å². The summed E-state index contributed by atoms with van der Waals surface area (Å²) in [6.07, 6.45) is 14.3. The standard InChI is InChI=1S/C39H48N8O3/c1-4-47-35(49)22-41-37-38(47)44-33(21-40-37)27-12-14-32(43-24(27)2)36-42-23-46(45-36)18-6-5-7-19-50-34-15-13-31-30-10-8-25-20-26(48)9-11-28(25)29(30)16-17-39(31,34)3/h9,11-12,14,20-21,23,29-31,34,48H,4-8,10,13,15-19,22H2,1-3H3,(H,40,41)/t29-,30-,31+,34+,39+/m1/s1. The van der Waals surface area contributed by atoms with Crippen molar-refractivity contribution in [1.29, 1.82) is 0 Å². The van der Waals surface area contributed by atoms with Crippen molar-refractivity contribution in [2.75, 3.05) is 29.9 Å². The van der Waals surface area contributed by atoms with E-state index in [1.54, 1.807) is 17.4 Å². The van der Waals surface area contributed by atoms with E-state index in [4.69, 9.17) is 19.8 Å². The highest BCUT2D eigenvalue weighted by Crippen LogP contribution is 2.61. The minimum atomic E-state index is -0.0174. The highest BCUT2D eigenvalue weighted by molar-refractivity contribution is 6.00. The number of nitrogens with zero attached hydrogens (tertiary/aromatic N) is 7. The van der Waals surface area contributed by atoms with Crippen LogP contribution in [0.25, 0.3) is 22.8 Å². The number of phenols is 1. The average Bonchev–Trinajstić information content (AvgIpc) is 3.73. The van der Waals surface area contributed by atoms with Gasteiger partial charge in [0.2, 0.25) is 5.91 Å². The first-order valence-electron chi connectivity index (χ1n) is 18.5. The lowest BCUT2D eigenvalue weighted by atomic mass is 9.55. The third kappa shape index (κ3) is 5.93. The number of rotatable bonds is 10. The number of unbranched alkanes of at least 4 members (excludes halogenated alkanes) is 2. The Labute approximate surface area is 293 Å². The SMILES string of the molecule is CCN1C(=O)CNc2ncc(-c3ccc(-c4ncn(CCCCCO[C@H]5CC[C@H]6[C@@H]7CCc8cc(O)ccc8[C@H]7CC[C@]56C)n4)nc3C)nc21. The Bertz CT molecular complexity index is 1890. The number of anilines is 2. The number of fused-ring (bicyclic) bond motifs is 6. The molecule has 0 radical (unpaired) electrons. The number of aromatic nitrogens is 6. The number of aromatic hydroxyl groups is 1. The zero-order valence-electron chi connectivity index (χ0n) is 29.4. The Balaban J connectivity index is 0.814. The lowest BCUT2D eigenvalue weighted by molar-refractivity contribution is -0.117. The van der Waals surface area contributed by atoms with Crippen LogP contribution in [0.4, 0.5) is 11.6 Å². The lowest BCUT2D eigenvalue weighted by Gasteiger charge is -2.50. The lowest BCUT2D eigenvalue weighted by Crippen LogP contribution is -2.44. The highest BCUT2D eigenvalue weighted by atomic mass is 16.5. The van der Waals surface area contributed by atoms with E-state index in [2.05, 4.69) is 28.3 Å². The summed E-state index contributed by atoms with van der Waals surface area (Å²) in [7, 11) is 0. The van der Waals surface area contributed by atoms with Crippen molar-refractivity contribution in [3.63, 3.8) is 0 Å². The first kappa shape index (κ1) is 32.8. The van der Waals surface area contributed by atoms with Crippen LogP contribution in [-0.4, -0.2) is 66.5 Å². The molecule has 1 aliphatic heterocycles. The van der Waals surface area contributed by atoms with E-state index in [0.29, 0.717) is 53.2 Å². The molecule has 3 aliphatic carbocycles. The van der Waals surface area contributed by atoms with Gasteiger partial charge in [-0.3, -0.25) is 14.4 Å². The maximum Gasteiger partial charge on any atom is 0.247 e. The van der Waals surface area contributed by atoms with Crippen molar-refractivity contribution in [3.05, 3.63) is 59.7 Å². The largest absolute Gasteiger partial charge is 0.508 e. The summed E-state index contributed by atoms with van der Waals surface area (Å²) in [5.74, 6) is 4.27. The minimum Gasteiger partial charge on any atom is -0.508 e. The van der Waals surface area contributed by atoms with Crippen molar-refractivity contribution < 1.29 is 14.6 Å². The number of hydrogen-bond acceptors (Lipinski definition) is 9. The summed E-state index contributed by atoms with van der Waals surface area (Å²) in [6, 6.07) is 9.96. The zero-order chi connectivity index (χ0) is 34.4. The number of amides is 1. The molecule has 11 nitrogen and oxygen atoms in total. The van der Waals surface area contributed by atoms with Gasteiger partial charge in [0, 0.05) is 31.0 Å². The normalized spacial score (nSPS) is 25.4. The van der Waals surface area contributed by atoms with Gasteiger partial charge in [-0.05, 0) is 130 Å². The maximum absolute atomic E-state index is 12.3. The molecule has 1 amide bonds. The topological polar surface area (TPSA) is 131 Å². The smallest absolute Gasteiger partial charge is 0.247 e. The van der Waals surface area contributed by atoms with Crippen LogP contribution in [0.5, 0.6) is 5.75 Å². The molecule has 1 aromatic carbocycles. The van der Waals surface area contributed by atoms with Crippen LogP contribution in [0.1, 0.15) is 88.0 Å². The number of phenolic OH excluding ortho intramolecular Hbond substituents is 1. The predicted molar refractivity (Wildman–Crippen MR) is 192 cm³/mol. The maximum atomic E-state index is 12.3. The number of carbonyl (C=O) groups is 1. The Morgan fingerprint density at radius 3 is 2.80 bits per heavy atom. The third-order valence-electron chi connectivity index (χ3n) is 12.1. The molecule has 8 rings (SSSR count). The van der Waals surface area contributed by atoms with E-state index in [-0.39, 0.29) is 17.9 Å². The molecule has 0 bridgehead atoms. The Morgan fingerprint density at radius 1 is 1.04 bits per heavy atom. The average molecular weight is 677 g/mol. The first-order valence-corrected chi connectivity index (χ1v) is 18.5. The number of ether oxygens (including phenoxy) is 1. The van der Waals surface area contributed by atoms with E-state index < -0.39 is 0 Å². The van der Waals surface area contributed by atoms with Crippen LogP contribution in [0.3, 0.4) is 0 Å². The molecule has 2 fully saturated rings. The molecule has 262 valence electrons. The number of carbonyl (C=O) groups excluding carboxylic acids is 1.